The van der Waals surface area contributed by atoms with Gasteiger partial charge >= 0.3 is 5.97 Å². The molecule has 20 heavy (non-hydrogen) atoms. The third-order valence-electron chi connectivity index (χ3n) is 4.58. The fourth-order valence-corrected chi connectivity index (χ4v) is 3.52. The van der Waals surface area contributed by atoms with Crippen LogP contribution in [0.4, 0.5) is 5.69 Å². The highest BCUT2D eigenvalue weighted by molar-refractivity contribution is 6.00. The van der Waals surface area contributed by atoms with Crippen LogP contribution in [0.5, 0.6) is 0 Å². The van der Waals surface area contributed by atoms with E-state index in [0.717, 1.165) is 41.7 Å². The van der Waals surface area contributed by atoms with Crippen LogP contribution < -0.4 is 5.73 Å². The lowest BCUT2D eigenvalue weighted by Gasteiger charge is -2.34. The molecule has 3 rings (SSSR count). The zero-order chi connectivity index (χ0) is 14.3. The van der Waals surface area contributed by atoms with Gasteiger partial charge in [0, 0.05) is 17.8 Å². The lowest BCUT2D eigenvalue weighted by atomic mass is 9.88. The number of hydrogen-bond donors (Lipinski definition) is 1. The maximum absolute atomic E-state index is 12.2. The van der Waals surface area contributed by atoms with Crippen LogP contribution in [0.15, 0.2) is 29.8 Å². The van der Waals surface area contributed by atoms with E-state index in [0.29, 0.717) is 6.04 Å². The van der Waals surface area contributed by atoms with Gasteiger partial charge in [0.05, 0.1) is 12.7 Å². The van der Waals surface area contributed by atoms with Gasteiger partial charge in [0.25, 0.3) is 0 Å². The first-order chi connectivity index (χ1) is 9.61. The molecule has 0 amide bonds. The second-order valence-corrected chi connectivity index (χ2v) is 5.63. The lowest BCUT2D eigenvalue weighted by Crippen LogP contribution is -2.40. The fraction of sp³-hybridized carbons (Fsp3) is 0.438. The Kier molecular flexibility index (Phi) is 3.26. The predicted octanol–water partition coefficient (Wildman–Crippen LogP) is 2.06. The number of nitrogens with two attached hydrogens (primary N) is 1. The molecule has 0 radical (unpaired) electrons. The highest BCUT2D eigenvalue weighted by atomic mass is 16.5. The van der Waals surface area contributed by atoms with Crippen LogP contribution >= 0.6 is 0 Å². The summed E-state index contributed by atoms with van der Waals surface area (Å²) < 4.78 is 5.02. The second-order valence-electron chi connectivity index (χ2n) is 5.63. The van der Waals surface area contributed by atoms with Gasteiger partial charge < -0.3 is 10.5 Å². The van der Waals surface area contributed by atoms with Gasteiger partial charge in [0.2, 0.25) is 0 Å². The van der Waals surface area contributed by atoms with Crippen molar-refractivity contribution in [2.24, 2.45) is 0 Å². The van der Waals surface area contributed by atoms with Crippen LogP contribution in [0.3, 0.4) is 0 Å². The minimum absolute atomic E-state index is 0.178. The van der Waals surface area contributed by atoms with E-state index in [1.807, 2.05) is 24.3 Å². The zero-order valence-electron chi connectivity index (χ0n) is 11.9. The van der Waals surface area contributed by atoms with Crippen molar-refractivity contribution in [3.63, 3.8) is 0 Å². The minimum atomic E-state index is -0.209. The minimum Gasteiger partial charge on any atom is -0.466 e. The third kappa shape index (κ3) is 2.00. The van der Waals surface area contributed by atoms with Crippen molar-refractivity contribution in [1.82, 2.24) is 4.90 Å². The molecule has 2 heterocycles. The van der Waals surface area contributed by atoms with Crippen molar-refractivity contribution in [3.05, 3.63) is 35.4 Å². The number of nitrogens with zero attached hydrogens (tertiary/aromatic N) is 1. The maximum Gasteiger partial charge on any atom is 0.335 e. The molecule has 0 saturated carbocycles. The van der Waals surface area contributed by atoms with Crippen molar-refractivity contribution in [1.29, 1.82) is 0 Å². The van der Waals surface area contributed by atoms with E-state index < -0.39 is 0 Å². The summed E-state index contributed by atoms with van der Waals surface area (Å²) in [5.74, 6) is -0.209. The van der Waals surface area contributed by atoms with Crippen molar-refractivity contribution >= 4 is 17.2 Å². The van der Waals surface area contributed by atoms with Gasteiger partial charge in [0.15, 0.2) is 0 Å². The summed E-state index contributed by atoms with van der Waals surface area (Å²) in [6.45, 7) is 0. The molecule has 1 fully saturated rings. The summed E-state index contributed by atoms with van der Waals surface area (Å²) in [4.78, 5) is 14.5. The monoisotopic (exact) mass is 272 g/mol. The van der Waals surface area contributed by atoms with E-state index in [1.165, 1.54) is 7.11 Å². The van der Waals surface area contributed by atoms with Gasteiger partial charge in [0.1, 0.15) is 0 Å². The Hall–Kier alpha value is -1.81. The average molecular weight is 272 g/mol. The van der Waals surface area contributed by atoms with Crippen LogP contribution in [-0.4, -0.2) is 37.1 Å². The first-order valence-electron chi connectivity index (χ1n) is 7.01. The summed E-state index contributed by atoms with van der Waals surface area (Å²) in [7, 11) is 3.55. The Morgan fingerprint density at radius 2 is 2.20 bits per heavy atom. The van der Waals surface area contributed by atoms with Crippen molar-refractivity contribution in [3.8, 4) is 0 Å². The zero-order valence-corrected chi connectivity index (χ0v) is 11.9. The first kappa shape index (κ1) is 13.2. The Morgan fingerprint density at radius 3 is 2.90 bits per heavy atom. The van der Waals surface area contributed by atoms with Gasteiger partial charge in [-0.1, -0.05) is 12.1 Å². The number of ether oxygens (including phenoxy) is 1. The second kappa shape index (κ2) is 4.94. The molecular weight excluding hydrogens is 252 g/mol. The molecular formula is C16H20N2O2. The van der Waals surface area contributed by atoms with E-state index in [4.69, 9.17) is 10.5 Å². The van der Waals surface area contributed by atoms with Gasteiger partial charge in [-0.25, -0.2) is 4.79 Å². The Labute approximate surface area is 119 Å². The van der Waals surface area contributed by atoms with Gasteiger partial charge in [-0.3, -0.25) is 4.90 Å². The van der Waals surface area contributed by atoms with Crippen LogP contribution in [-0.2, 0) is 9.53 Å². The summed E-state index contributed by atoms with van der Waals surface area (Å²) in [6.07, 6.45) is 3.05. The predicted molar refractivity (Wildman–Crippen MR) is 79.0 cm³/mol. The molecule has 2 aliphatic rings. The molecule has 4 heteroatoms. The molecule has 106 valence electrons. The molecule has 2 atom stereocenters. The molecule has 1 unspecified atom stereocenters. The topological polar surface area (TPSA) is 55.6 Å². The third-order valence-corrected chi connectivity index (χ3v) is 4.58. The number of carbonyl (C=O) groups excluding carboxylic acids is 1. The summed E-state index contributed by atoms with van der Waals surface area (Å²) in [5.41, 5.74) is 9.58. The molecule has 1 aromatic rings. The molecule has 0 aliphatic carbocycles. The normalized spacial score (nSPS) is 25.9. The van der Waals surface area contributed by atoms with Crippen molar-refractivity contribution in [2.75, 3.05) is 19.9 Å². The first-order valence-corrected chi connectivity index (χ1v) is 7.01. The number of likely N-dealkylation sites (N-methyl/N-ethyl adjacent to an activating group) is 1. The quantitative estimate of drug-likeness (QED) is 0.661. The van der Waals surface area contributed by atoms with Crippen LogP contribution in [0, 0.1) is 0 Å². The molecule has 0 spiro atoms. The number of fused-ring (bicyclic) bond motifs is 2. The van der Waals surface area contributed by atoms with Crippen molar-refractivity contribution in [2.45, 2.75) is 31.3 Å². The van der Waals surface area contributed by atoms with Gasteiger partial charge in [-0.15, -0.1) is 0 Å². The standard InChI is InChI=1S/C16H20N2O2/c1-18-12-6-7-14(18)15(16(19)20-2)13(9-12)10-4-3-5-11(17)8-10/h3-5,8,12,14H,6-7,9,17H2,1-2H3/t12-,14?/m1/s1. The molecule has 1 saturated heterocycles. The number of methoxy groups -OCH3 is 1. The molecule has 2 bridgehead atoms. The summed E-state index contributed by atoms with van der Waals surface area (Å²) in [5, 5.41) is 0. The van der Waals surface area contributed by atoms with Gasteiger partial charge in [-0.2, -0.15) is 0 Å². The Morgan fingerprint density at radius 1 is 1.40 bits per heavy atom. The largest absolute Gasteiger partial charge is 0.466 e. The van der Waals surface area contributed by atoms with E-state index in [2.05, 4.69) is 11.9 Å². The van der Waals surface area contributed by atoms with E-state index in [9.17, 15) is 4.79 Å². The number of esters is 1. The highest BCUT2D eigenvalue weighted by Crippen LogP contribution is 2.42. The van der Waals surface area contributed by atoms with Crippen LogP contribution in [0.25, 0.3) is 5.57 Å². The highest BCUT2D eigenvalue weighted by Gasteiger charge is 2.42. The average Bonchev–Trinajstić information content (AvgIpc) is 2.69. The molecule has 1 aromatic carbocycles. The Bertz CT molecular complexity index is 580. The lowest BCUT2D eigenvalue weighted by molar-refractivity contribution is -0.136. The van der Waals surface area contributed by atoms with Gasteiger partial charge in [-0.05, 0) is 49.6 Å². The number of rotatable bonds is 2. The summed E-state index contributed by atoms with van der Waals surface area (Å²) in [6, 6.07) is 8.48. The number of benzene rings is 1. The number of nitrogen functional groups attached to an aromatic ring is 1. The molecule has 2 aliphatic heterocycles. The summed E-state index contributed by atoms with van der Waals surface area (Å²) >= 11 is 0. The van der Waals surface area contributed by atoms with E-state index in [-0.39, 0.29) is 12.0 Å². The number of hydrogen-bond acceptors (Lipinski definition) is 4. The molecule has 2 N–H and O–H groups in total. The van der Waals surface area contributed by atoms with Crippen LogP contribution in [0.1, 0.15) is 24.8 Å². The SMILES string of the molecule is COC(=O)C1=C(c2cccc(N)c2)C[C@H]2CCC1N2C. The smallest absolute Gasteiger partial charge is 0.335 e. The van der Waals surface area contributed by atoms with E-state index >= 15 is 0 Å². The number of anilines is 1. The number of carbonyl (C=O) groups is 1. The van der Waals surface area contributed by atoms with Crippen LogP contribution in [0.2, 0.25) is 0 Å². The fourth-order valence-electron chi connectivity index (χ4n) is 3.52. The van der Waals surface area contributed by atoms with E-state index in [1.54, 1.807) is 0 Å². The molecule has 4 nitrogen and oxygen atoms in total. The van der Waals surface area contributed by atoms with Crippen molar-refractivity contribution < 1.29 is 9.53 Å². The molecule has 0 aromatic heterocycles. The maximum atomic E-state index is 12.2. The Balaban J connectivity index is 2.13.